The topological polar surface area (TPSA) is 64.3 Å². The monoisotopic (exact) mass is 348 g/mol. The Bertz CT molecular complexity index is 647. The number of methoxy groups -OCH3 is 1. The molecule has 0 bridgehead atoms. The van der Waals surface area contributed by atoms with Crippen molar-refractivity contribution in [3.8, 4) is 5.75 Å². The molecule has 5 heteroatoms. The Morgan fingerprint density at radius 2 is 1.92 bits per heavy atom. The molecule has 130 valence electrons. The minimum atomic E-state index is -0.268. The largest absolute Gasteiger partial charge is 0.496 e. The van der Waals surface area contributed by atoms with E-state index in [9.17, 15) is 4.79 Å². The van der Waals surface area contributed by atoms with Gasteiger partial charge in [0.05, 0.1) is 7.11 Å². The quantitative estimate of drug-likeness (QED) is 0.807. The molecule has 0 heterocycles. The van der Waals surface area contributed by atoms with Crippen LogP contribution in [0.15, 0.2) is 48.5 Å². The highest BCUT2D eigenvalue weighted by atomic mass is 35.5. The van der Waals surface area contributed by atoms with Gasteiger partial charge in [0.1, 0.15) is 5.75 Å². The lowest BCUT2D eigenvalue weighted by atomic mass is 10.0. The zero-order valence-corrected chi connectivity index (χ0v) is 14.9. The molecule has 0 spiro atoms. The molecule has 0 aliphatic rings. The number of aryl methyl sites for hydroxylation is 1. The maximum atomic E-state index is 12.0. The number of halogens is 1. The molecule has 0 aromatic heterocycles. The predicted molar refractivity (Wildman–Crippen MR) is 99.7 cm³/mol. The first-order valence-corrected chi connectivity index (χ1v) is 7.81. The number of ether oxygens (including phenoxy) is 1. The summed E-state index contributed by atoms with van der Waals surface area (Å²) in [7, 11) is 1.67. The number of nitrogens with two attached hydrogens (primary N) is 1. The lowest BCUT2D eigenvalue weighted by Crippen LogP contribution is -2.29. The summed E-state index contributed by atoms with van der Waals surface area (Å²) in [6.45, 7) is 2.60. The number of rotatable bonds is 7. The first kappa shape index (κ1) is 20.0. The molecule has 0 aliphatic heterocycles. The fraction of sp³-hybridized carbons (Fsp3) is 0.316. The number of carbonyl (C=O) groups is 1. The minimum Gasteiger partial charge on any atom is -0.496 e. The zero-order valence-electron chi connectivity index (χ0n) is 14.1. The fourth-order valence-electron chi connectivity index (χ4n) is 2.46. The molecular weight excluding hydrogens is 324 g/mol. The third-order valence-corrected chi connectivity index (χ3v) is 3.84. The molecule has 0 fully saturated rings. The van der Waals surface area contributed by atoms with Crippen molar-refractivity contribution in [2.45, 2.75) is 25.8 Å². The van der Waals surface area contributed by atoms with Crippen LogP contribution >= 0.6 is 12.4 Å². The van der Waals surface area contributed by atoms with Crippen molar-refractivity contribution in [3.63, 3.8) is 0 Å². The highest BCUT2D eigenvalue weighted by Crippen LogP contribution is 2.19. The van der Waals surface area contributed by atoms with E-state index in [1.807, 2.05) is 49.4 Å². The third-order valence-electron chi connectivity index (χ3n) is 3.84. The molecule has 0 saturated heterocycles. The van der Waals surface area contributed by atoms with Gasteiger partial charge in [0.15, 0.2) is 0 Å². The Hall–Kier alpha value is -2.04. The molecule has 2 rings (SSSR count). The molecule has 0 radical (unpaired) electrons. The van der Waals surface area contributed by atoms with E-state index in [4.69, 9.17) is 10.5 Å². The van der Waals surface area contributed by atoms with Gasteiger partial charge in [0.25, 0.3) is 0 Å². The van der Waals surface area contributed by atoms with E-state index in [0.717, 1.165) is 28.9 Å². The van der Waals surface area contributed by atoms with Crippen LogP contribution in [-0.2, 0) is 11.2 Å². The van der Waals surface area contributed by atoms with Crippen molar-refractivity contribution in [1.82, 2.24) is 5.32 Å². The number of benzene rings is 2. The molecule has 1 atom stereocenters. The van der Waals surface area contributed by atoms with Gasteiger partial charge in [-0.3, -0.25) is 4.79 Å². The summed E-state index contributed by atoms with van der Waals surface area (Å²) >= 11 is 0. The molecule has 24 heavy (non-hydrogen) atoms. The molecule has 4 nitrogen and oxygen atoms in total. The van der Waals surface area contributed by atoms with Crippen LogP contribution in [0.4, 0.5) is 0 Å². The van der Waals surface area contributed by atoms with Crippen LogP contribution in [0.5, 0.6) is 5.75 Å². The average molecular weight is 349 g/mol. The van der Waals surface area contributed by atoms with Gasteiger partial charge >= 0.3 is 0 Å². The molecule has 0 aliphatic carbocycles. The van der Waals surface area contributed by atoms with Crippen molar-refractivity contribution < 1.29 is 9.53 Å². The maximum Gasteiger partial charge on any atom is 0.221 e. The molecule has 2 aromatic rings. The molecule has 2 aromatic carbocycles. The van der Waals surface area contributed by atoms with Gasteiger partial charge in [-0.05, 0) is 36.1 Å². The lowest BCUT2D eigenvalue weighted by Gasteiger charge is -2.12. The Labute approximate surface area is 149 Å². The summed E-state index contributed by atoms with van der Waals surface area (Å²) in [5, 5.41) is 2.92. The molecule has 1 amide bonds. The minimum absolute atomic E-state index is 0. The Morgan fingerprint density at radius 1 is 1.21 bits per heavy atom. The van der Waals surface area contributed by atoms with Crippen molar-refractivity contribution >= 4 is 18.3 Å². The second-order valence-corrected chi connectivity index (χ2v) is 5.63. The Kier molecular flexibility index (Phi) is 8.30. The van der Waals surface area contributed by atoms with Crippen molar-refractivity contribution in [2.24, 2.45) is 5.73 Å². The highest BCUT2D eigenvalue weighted by Gasteiger charge is 2.11. The second kappa shape index (κ2) is 9.96. The van der Waals surface area contributed by atoms with Crippen LogP contribution in [0.25, 0.3) is 0 Å². The van der Waals surface area contributed by atoms with E-state index < -0.39 is 0 Å². The predicted octanol–water partition coefficient (Wildman–Crippen LogP) is 3.17. The smallest absolute Gasteiger partial charge is 0.221 e. The van der Waals surface area contributed by atoms with E-state index in [0.29, 0.717) is 13.0 Å². The van der Waals surface area contributed by atoms with Crippen LogP contribution < -0.4 is 15.8 Å². The summed E-state index contributed by atoms with van der Waals surface area (Å²) in [4.78, 5) is 12.0. The van der Waals surface area contributed by atoms with Crippen molar-refractivity contribution in [3.05, 3.63) is 65.2 Å². The molecule has 3 N–H and O–H groups in total. The van der Waals surface area contributed by atoms with Gasteiger partial charge in [0.2, 0.25) is 5.91 Å². The summed E-state index contributed by atoms with van der Waals surface area (Å²) in [5.74, 6) is 0.848. The van der Waals surface area contributed by atoms with E-state index in [1.54, 1.807) is 7.11 Å². The highest BCUT2D eigenvalue weighted by molar-refractivity contribution is 5.85. The standard InChI is InChI=1S/C19H24N2O2.ClH/c1-14-8-9-15(12-18(14)23-2)10-11-21-19(22)13-17(20)16-6-4-3-5-7-16;/h3-9,12,17H,10-11,13,20H2,1-2H3,(H,21,22);1H. The molecule has 1 unspecified atom stereocenters. The molecular formula is C19H25ClN2O2. The van der Waals surface area contributed by atoms with Crippen LogP contribution in [0, 0.1) is 6.92 Å². The summed E-state index contributed by atoms with van der Waals surface area (Å²) in [6.07, 6.45) is 1.06. The third kappa shape index (κ3) is 5.87. The van der Waals surface area contributed by atoms with E-state index >= 15 is 0 Å². The number of nitrogens with one attached hydrogen (secondary N) is 1. The number of carbonyl (C=O) groups excluding carboxylic acids is 1. The normalized spacial score (nSPS) is 11.3. The van der Waals surface area contributed by atoms with Gasteiger partial charge in [-0.25, -0.2) is 0 Å². The van der Waals surface area contributed by atoms with E-state index in [-0.39, 0.29) is 24.4 Å². The summed E-state index contributed by atoms with van der Waals surface area (Å²) < 4.78 is 5.31. The Balaban J connectivity index is 0.00000288. The van der Waals surface area contributed by atoms with Gasteiger partial charge in [-0.15, -0.1) is 12.4 Å². The van der Waals surface area contributed by atoms with Gasteiger partial charge in [-0.1, -0.05) is 42.5 Å². The zero-order chi connectivity index (χ0) is 16.7. The maximum absolute atomic E-state index is 12.0. The lowest BCUT2D eigenvalue weighted by molar-refractivity contribution is -0.121. The number of hydrogen-bond donors (Lipinski definition) is 2. The van der Waals surface area contributed by atoms with Gasteiger partial charge in [-0.2, -0.15) is 0 Å². The van der Waals surface area contributed by atoms with Crippen LogP contribution in [0.1, 0.15) is 29.2 Å². The number of amides is 1. The van der Waals surface area contributed by atoms with Crippen molar-refractivity contribution in [2.75, 3.05) is 13.7 Å². The number of hydrogen-bond acceptors (Lipinski definition) is 3. The van der Waals surface area contributed by atoms with E-state index in [1.165, 1.54) is 0 Å². The van der Waals surface area contributed by atoms with Crippen LogP contribution in [0.2, 0.25) is 0 Å². The summed E-state index contributed by atoms with van der Waals surface area (Å²) in [6, 6.07) is 15.5. The van der Waals surface area contributed by atoms with Crippen molar-refractivity contribution in [1.29, 1.82) is 0 Å². The summed E-state index contributed by atoms with van der Waals surface area (Å²) in [5.41, 5.74) is 9.28. The Morgan fingerprint density at radius 3 is 2.58 bits per heavy atom. The fourth-order valence-corrected chi connectivity index (χ4v) is 2.46. The molecule has 0 saturated carbocycles. The average Bonchev–Trinajstić information content (AvgIpc) is 2.57. The first-order valence-electron chi connectivity index (χ1n) is 7.81. The van der Waals surface area contributed by atoms with Crippen LogP contribution in [-0.4, -0.2) is 19.6 Å². The van der Waals surface area contributed by atoms with Crippen LogP contribution in [0.3, 0.4) is 0 Å². The van der Waals surface area contributed by atoms with E-state index in [2.05, 4.69) is 11.4 Å². The second-order valence-electron chi connectivity index (χ2n) is 5.63. The SMILES string of the molecule is COc1cc(CCNC(=O)CC(N)c2ccccc2)ccc1C.Cl. The van der Waals surface area contributed by atoms with Gasteiger partial charge < -0.3 is 15.8 Å². The van der Waals surface area contributed by atoms with Gasteiger partial charge in [0, 0.05) is 19.0 Å². The first-order chi connectivity index (χ1) is 11.1.